The third kappa shape index (κ3) is 3.18. The first-order chi connectivity index (χ1) is 13.0. The highest BCUT2D eigenvalue weighted by Crippen LogP contribution is 2.33. The average molecular weight is 420 g/mol. The predicted molar refractivity (Wildman–Crippen MR) is 110 cm³/mol. The third-order valence-corrected chi connectivity index (χ3v) is 5.21. The van der Waals surface area contributed by atoms with E-state index in [1.807, 2.05) is 18.2 Å². The molecule has 4 rings (SSSR count). The lowest BCUT2D eigenvalue weighted by Gasteiger charge is -2.11. The van der Waals surface area contributed by atoms with Crippen LogP contribution in [0, 0.1) is 0 Å². The van der Waals surface area contributed by atoms with Gasteiger partial charge in [0.2, 0.25) is 0 Å². The quantitative estimate of drug-likeness (QED) is 0.486. The number of halogens is 3. The van der Waals surface area contributed by atoms with E-state index in [9.17, 15) is 4.79 Å². The first-order valence-electron chi connectivity index (χ1n) is 8.01. The molecule has 0 radical (unpaired) electrons. The Morgan fingerprint density at radius 1 is 0.926 bits per heavy atom. The maximum absolute atomic E-state index is 12.5. The molecule has 0 aliphatic rings. The standard InChI is InChI=1S/C19H13Cl3N4O/c20-13-4-2-1-3-11(13)10-25-17-9-24-26(16(17)5-6-18(25)27)19-14(21)7-12(23)8-15(19)22/h1-9H,10,23H2. The second-order valence-electron chi connectivity index (χ2n) is 6.01. The van der Waals surface area contributed by atoms with Crippen molar-refractivity contribution in [2.24, 2.45) is 0 Å². The van der Waals surface area contributed by atoms with Crippen molar-refractivity contribution in [1.82, 2.24) is 14.3 Å². The molecule has 8 heteroatoms. The number of hydrogen-bond acceptors (Lipinski definition) is 3. The molecule has 4 aromatic rings. The van der Waals surface area contributed by atoms with Crippen LogP contribution < -0.4 is 11.3 Å². The van der Waals surface area contributed by atoms with Crippen molar-refractivity contribution in [2.45, 2.75) is 6.54 Å². The zero-order valence-corrected chi connectivity index (χ0v) is 16.1. The molecular weight excluding hydrogens is 407 g/mol. The Labute approximate surface area is 169 Å². The second-order valence-corrected chi connectivity index (χ2v) is 7.23. The SMILES string of the molecule is Nc1cc(Cl)c(-n2ncc3c2ccc(=O)n3Cc2ccccc2Cl)c(Cl)c1. The largest absolute Gasteiger partial charge is 0.399 e. The van der Waals surface area contributed by atoms with Crippen molar-refractivity contribution in [2.75, 3.05) is 5.73 Å². The maximum atomic E-state index is 12.5. The van der Waals surface area contributed by atoms with Crippen LogP contribution in [0.5, 0.6) is 0 Å². The van der Waals surface area contributed by atoms with E-state index in [1.165, 1.54) is 6.07 Å². The lowest BCUT2D eigenvalue weighted by Crippen LogP contribution is -2.20. The zero-order valence-electron chi connectivity index (χ0n) is 13.9. The van der Waals surface area contributed by atoms with E-state index < -0.39 is 0 Å². The summed E-state index contributed by atoms with van der Waals surface area (Å²) in [6.45, 7) is 0.324. The molecule has 0 atom stereocenters. The summed E-state index contributed by atoms with van der Waals surface area (Å²) in [6.07, 6.45) is 1.61. The Morgan fingerprint density at radius 3 is 2.33 bits per heavy atom. The van der Waals surface area contributed by atoms with Crippen LogP contribution in [-0.2, 0) is 6.54 Å². The van der Waals surface area contributed by atoms with Crippen molar-refractivity contribution >= 4 is 51.5 Å². The van der Waals surface area contributed by atoms with Gasteiger partial charge in [-0.15, -0.1) is 0 Å². The molecule has 0 aliphatic heterocycles. The van der Waals surface area contributed by atoms with Gasteiger partial charge in [0.25, 0.3) is 5.56 Å². The van der Waals surface area contributed by atoms with E-state index in [1.54, 1.807) is 39.7 Å². The number of hydrogen-bond donors (Lipinski definition) is 1. The molecule has 0 saturated heterocycles. The Hall–Kier alpha value is -2.47. The molecule has 2 N–H and O–H groups in total. The van der Waals surface area contributed by atoms with Crippen molar-refractivity contribution in [3.63, 3.8) is 0 Å². The van der Waals surface area contributed by atoms with Gasteiger partial charge in [-0.25, -0.2) is 4.68 Å². The van der Waals surface area contributed by atoms with Crippen LogP contribution in [0.1, 0.15) is 5.56 Å². The van der Waals surface area contributed by atoms with Crippen molar-refractivity contribution in [3.8, 4) is 5.69 Å². The Bertz CT molecular complexity index is 1210. The highest BCUT2D eigenvalue weighted by Gasteiger charge is 2.16. The molecule has 5 nitrogen and oxygen atoms in total. The number of benzene rings is 2. The summed E-state index contributed by atoms with van der Waals surface area (Å²) in [5.41, 5.74) is 8.76. The van der Waals surface area contributed by atoms with Gasteiger partial charge >= 0.3 is 0 Å². The van der Waals surface area contributed by atoms with Crippen molar-refractivity contribution in [1.29, 1.82) is 0 Å². The van der Waals surface area contributed by atoms with Gasteiger partial charge in [-0.1, -0.05) is 53.0 Å². The van der Waals surface area contributed by atoms with Crippen molar-refractivity contribution < 1.29 is 0 Å². The summed E-state index contributed by atoms with van der Waals surface area (Å²) >= 11 is 18.9. The summed E-state index contributed by atoms with van der Waals surface area (Å²) < 4.78 is 3.21. The van der Waals surface area contributed by atoms with Crippen LogP contribution in [-0.4, -0.2) is 14.3 Å². The minimum Gasteiger partial charge on any atom is -0.399 e. The van der Waals surface area contributed by atoms with Gasteiger partial charge in [-0.3, -0.25) is 4.79 Å². The molecule has 0 fully saturated rings. The molecule has 0 saturated carbocycles. The van der Waals surface area contributed by atoms with Gasteiger partial charge in [0.05, 0.1) is 33.8 Å². The van der Waals surface area contributed by atoms with Crippen LogP contribution in [0.4, 0.5) is 5.69 Å². The number of nitrogen functional groups attached to an aromatic ring is 1. The van der Waals surface area contributed by atoms with E-state index in [2.05, 4.69) is 5.10 Å². The Morgan fingerprint density at radius 2 is 1.63 bits per heavy atom. The lowest BCUT2D eigenvalue weighted by molar-refractivity contribution is 0.795. The van der Waals surface area contributed by atoms with Gasteiger partial charge in [-0.05, 0) is 29.8 Å². The second kappa shape index (κ2) is 6.93. The Balaban J connectivity index is 1.91. The van der Waals surface area contributed by atoms with E-state index in [-0.39, 0.29) is 5.56 Å². The van der Waals surface area contributed by atoms with E-state index in [0.717, 1.165) is 5.56 Å². The van der Waals surface area contributed by atoms with Crippen LogP contribution in [0.15, 0.2) is 59.5 Å². The fourth-order valence-corrected chi connectivity index (χ4v) is 3.86. The predicted octanol–water partition coefficient (Wildman–Crippen LogP) is 4.78. The summed E-state index contributed by atoms with van der Waals surface area (Å²) in [5, 5.41) is 5.73. The summed E-state index contributed by atoms with van der Waals surface area (Å²) in [5.74, 6) is 0. The average Bonchev–Trinajstić information content (AvgIpc) is 3.02. The van der Waals surface area contributed by atoms with E-state index in [0.29, 0.717) is 44.0 Å². The minimum absolute atomic E-state index is 0.156. The topological polar surface area (TPSA) is 65.8 Å². The highest BCUT2D eigenvalue weighted by molar-refractivity contribution is 6.38. The Kier molecular flexibility index (Phi) is 4.60. The van der Waals surface area contributed by atoms with E-state index in [4.69, 9.17) is 40.5 Å². The molecule has 2 heterocycles. The molecular formula is C19H13Cl3N4O. The van der Waals surface area contributed by atoms with Gasteiger partial charge in [0.15, 0.2) is 0 Å². The molecule has 0 unspecified atom stereocenters. The number of nitrogens with zero attached hydrogens (tertiary/aromatic N) is 3. The van der Waals surface area contributed by atoms with Gasteiger partial charge in [0, 0.05) is 16.8 Å². The first kappa shape index (κ1) is 17.9. The number of anilines is 1. The number of aromatic nitrogens is 3. The molecule has 136 valence electrons. The van der Waals surface area contributed by atoms with Gasteiger partial charge in [0.1, 0.15) is 5.69 Å². The third-order valence-electron chi connectivity index (χ3n) is 4.26. The number of fused-ring (bicyclic) bond motifs is 1. The maximum Gasteiger partial charge on any atom is 0.251 e. The molecule has 2 aromatic heterocycles. The van der Waals surface area contributed by atoms with Crippen LogP contribution in [0.3, 0.4) is 0 Å². The van der Waals surface area contributed by atoms with Crippen LogP contribution in [0.25, 0.3) is 16.7 Å². The molecule has 2 aromatic carbocycles. The number of rotatable bonds is 3. The van der Waals surface area contributed by atoms with Crippen LogP contribution >= 0.6 is 34.8 Å². The first-order valence-corrected chi connectivity index (χ1v) is 9.15. The van der Waals surface area contributed by atoms with Crippen molar-refractivity contribution in [3.05, 3.63) is 85.7 Å². The summed E-state index contributed by atoms with van der Waals surface area (Å²) in [4.78, 5) is 12.5. The van der Waals surface area contributed by atoms with Crippen LogP contribution in [0.2, 0.25) is 15.1 Å². The van der Waals surface area contributed by atoms with Gasteiger partial charge in [-0.2, -0.15) is 5.10 Å². The van der Waals surface area contributed by atoms with E-state index >= 15 is 0 Å². The lowest BCUT2D eigenvalue weighted by atomic mass is 10.2. The normalized spacial score (nSPS) is 11.2. The highest BCUT2D eigenvalue weighted by atomic mass is 35.5. The van der Waals surface area contributed by atoms with Gasteiger partial charge < -0.3 is 10.3 Å². The summed E-state index contributed by atoms with van der Waals surface area (Å²) in [6, 6.07) is 13.8. The number of nitrogens with two attached hydrogens (primary N) is 1. The molecule has 27 heavy (non-hydrogen) atoms. The smallest absolute Gasteiger partial charge is 0.251 e. The molecule has 0 amide bonds. The molecule has 0 bridgehead atoms. The molecule has 0 spiro atoms. The fraction of sp³-hybridized carbons (Fsp3) is 0.0526. The monoisotopic (exact) mass is 418 g/mol. The fourth-order valence-electron chi connectivity index (χ4n) is 3.00. The zero-order chi connectivity index (χ0) is 19.1. The molecule has 0 aliphatic carbocycles. The summed E-state index contributed by atoms with van der Waals surface area (Å²) in [7, 11) is 0. The minimum atomic E-state index is -0.156. The number of pyridine rings is 1.